The van der Waals surface area contributed by atoms with Crippen LogP contribution in [0.2, 0.25) is 0 Å². The van der Waals surface area contributed by atoms with Crippen molar-refractivity contribution in [3.05, 3.63) is 104 Å². The van der Waals surface area contributed by atoms with Crippen LogP contribution in [0.15, 0.2) is 65.5 Å². The van der Waals surface area contributed by atoms with Crippen LogP contribution in [0.25, 0.3) is 10.9 Å². The fraction of sp³-hybridized carbons (Fsp3) is 0.241. The summed E-state index contributed by atoms with van der Waals surface area (Å²) in [5, 5.41) is 0.926. The lowest BCUT2D eigenvalue weighted by Gasteiger charge is -2.38. The first-order valence-electron chi connectivity index (χ1n) is 11.7. The molecule has 1 amide bonds. The van der Waals surface area contributed by atoms with Crippen LogP contribution < -0.4 is 15.0 Å². The number of H-pyrrole nitrogens is 1. The molecule has 35 heavy (non-hydrogen) atoms. The van der Waals surface area contributed by atoms with E-state index in [-0.39, 0.29) is 11.5 Å². The van der Waals surface area contributed by atoms with Crippen LogP contribution in [0, 0.1) is 13.8 Å². The Balaban J connectivity index is 1.74. The Morgan fingerprint density at radius 1 is 0.914 bits per heavy atom. The van der Waals surface area contributed by atoms with E-state index in [1.165, 1.54) is 0 Å². The number of methoxy groups -OCH3 is 2. The number of amides is 1. The first-order chi connectivity index (χ1) is 16.9. The maximum Gasteiger partial charge on any atom is 0.254 e. The summed E-state index contributed by atoms with van der Waals surface area (Å²) in [6, 6.07) is 18.7. The van der Waals surface area contributed by atoms with Gasteiger partial charge in [-0.2, -0.15) is 0 Å². The average molecular weight is 469 g/mol. The summed E-state index contributed by atoms with van der Waals surface area (Å²) in [5.74, 6) is 1.09. The summed E-state index contributed by atoms with van der Waals surface area (Å²) in [4.78, 5) is 32.0. The number of aryl methyl sites for hydroxylation is 2. The number of carbonyl (C=O) groups excluding carboxylic acids is 1. The third-order valence-corrected chi connectivity index (χ3v) is 6.72. The van der Waals surface area contributed by atoms with E-state index < -0.39 is 6.04 Å². The van der Waals surface area contributed by atoms with Crippen molar-refractivity contribution in [2.45, 2.75) is 26.3 Å². The number of nitrogens with zero attached hydrogens (tertiary/aromatic N) is 1. The monoisotopic (exact) mass is 468 g/mol. The van der Waals surface area contributed by atoms with Gasteiger partial charge in [-0.15, -0.1) is 0 Å². The van der Waals surface area contributed by atoms with E-state index in [1.807, 2.05) is 74.5 Å². The summed E-state index contributed by atoms with van der Waals surface area (Å²) in [7, 11) is 3.19. The summed E-state index contributed by atoms with van der Waals surface area (Å²) in [6.45, 7) is 4.46. The number of nitrogens with one attached hydrogen (secondary N) is 1. The van der Waals surface area contributed by atoms with Crippen molar-refractivity contribution < 1.29 is 14.3 Å². The Labute approximate surface area is 204 Å². The van der Waals surface area contributed by atoms with Gasteiger partial charge in [0.05, 0.1) is 20.3 Å². The molecule has 1 aromatic heterocycles. The molecule has 1 aliphatic heterocycles. The molecule has 4 aromatic rings. The minimum atomic E-state index is -0.569. The number of rotatable bonds is 4. The number of benzene rings is 3. The van der Waals surface area contributed by atoms with Gasteiger partial charge in [-0.05, 0) is 79.2 Å². The van der Waals surface area contributed by atoms with Crippen molar-refractivity contribution in [2.24, 2.45) is 0 Å². The molecule has 0 aliphatic carbocycles. The van der Waals surface area contributed by atoms with Gasteiger partial charge in [0.2, 0.25) is 0 Å². The molecule has 0 saturated carbocycles. The summed E-state index contributed by atoms with van der Waals surface area (Å²) in [6.07, 6.45) is 0.647. The minimum absolute atomic E-state index is 0.108. The highest BCUT2D eigenvalue weighted by Crippen LogP contribution is 2.41. The van der Waals surface area contributed by atoms with Gasteiger partial charge < -0.3 is 19.4 Å². The van der Waals surface area contributed by atoms with Crippen LogP contribution in [0.5, 0.6) is 11.5 Å². The molecular formula is C29H28N2O4. The Morgan fingerprint density at radius 2 is 1.66 bits per heavy atom. The van der Waals surface area contributed by atoms with Gasteiger partial charge in [0, 0.05) is 23.2 Å². The van der Waals surface area contributed by atoms with Crippen LogP contribution in [0.1, 0.15) is 44.2 Å². The molecule has 178 valence electrons. The minimum Gasteiger partial charge on any atom is -0.493 e. The highest BCUT2D eigenvalue weighted by molar-refractivity contribution is 5.95. The Morgan fingerprint density at radius 3 is 2.40 bits per heavy atom. The van der Waals surface area contributed by atoms with Crippen molar-refractivity contribution in [1.29, 1.82) is 0 Å². The van der Waals surface area contributed by atoms with Gasteiger partial charge in [-0.1, -0.05) is 29.3 Å². The molecule has 0 saturated heterocycles. The van der Waals surface area contributed by atoms with E-state index >= 15 is 0 Å². The number of carbonyl (C=O) groups is 1. The second-order valence-electron chi connectivity index (χ2n) is 9.07. The molecule has 5 rings (SSSR count). The predicted molar refractivity (Wildman–Crippen MR) is 137 cm³/mol. The van der Waals surface area contributed by atoms with Crippen LogP contribution in [0.3, 0.4) is 0 Å². The van der Waals surface area contributed by atoms with Crippen LogP contribution in [0.4, 0.5) is 0 Å². The van der Waals surface area contributed by atoms with Crippen molar-refractivity contribution in [3.8, 4) is 11.5 Å². The lowest BCUT2D eigenvalue weighted by atomic mass is 9.87. The Bertz CT molecular complexity index is 1500. The van der Waals surface area contributed by atoms with Crippen LogP contribution in [-0.4, -0.2) is 36.6 Å². The number of fused-ring (bicyclic) bond motifs is 2. The number of aromatic amines is 1. The van der Waals surface area contributed by atoms with Crippen molar-refractivity contribution in [1.82, 2.24) is 9.88 Å². The second-order valence-corrected chi connectivity index (χ2v) is 9.07. The fourth-order valence-corrected chi connectivity index (χ4v) is 4.99. The predicted octanol–water partition coefficient (Wildman–Crippen LogP) is 4.95. The van der Waals surface area contributed by atoms with Gasteiger partial charge in [0.15, 0.2) is 11.5 Å². The van der Waals surface area contributed by atoms with Gasteiger partial charge in [0.25, 0.3) is 11.5 Å². The van der Waals surface area contributed by atoms with E-state index in [2.05, 4.69) is 4.98 Å². The molecule has 0 spiro atoms. The fourth-order valence-electron chi connectivity index (χ4n) is 4.99. The smallest absolute Gasteiger partial charge is 0.254 e. The van der Waals surface area contributed by atoms with Gasteiger partial charge in [0.1, 0.15) is 0 Å². The van der Waals surface area contributed by atoms with E-state index in [0.29, 0.717) is 35.6 Å². The SMILES string of the molecule is COc1cc2c(cc1OC)C(c1cc3cc(C)ccc3[nH]c1=O)N(C(=O)c1cccc(C)c1)CC2. The standard InChI is InChI=1S/C29H28N2O4/c1-17-6-5-7-20(12-17)29(33)31-11-10-19-15-25(34-3)26(35-4)16-22(19)27(31)23-14-21-13-18(2)8-9-24(21)30-28(23)32/h5-9,12-16,27H,10-11H2,1-4H3,(H,30,32). The molecule has 6 nitrogen and oxygen atoms in total. The van der Waals surface area contributed by atoms with Gasteiger partial charge >= 0.3 is 0 Å². The van der Waals surface area contributed by atoms with E-state index in [9.17, 15) is 9.59 Å². The van der Waals surface area contributed by atoms with Crippen LogP contribution >= 0.6 is 0 Å². The number of ether oxygens (including phenoxy) is 2. The number of hydrogen-bond acceptors (Lipinski definition) is 4. The van der Waals surface area contributed by atoms with Gasteiger partial charge in [-0.3, -0.25) is 9.59 Å². The van der Waals surface area contributed by atoms with Gasteiger partial charge in [-0.25, -0.2) is 0 Å². The number of pyridine rings is 1. The molecule has 3 aromatic carbocycles. The summed E-state index contributed by atoms with van der Waals surface area (Å²) in [5.41, 5.74) is 5.69. The zero-order valence-electron chi connectivity index (χ0n) is 20.3. The normalized spacial score (nSPS) is 15.1. The Kier molecular flexibility index (Phi) is 5.81. The topological polar surface area (TPSA) is 71.6 Å². The van der Waals surface area contributed by atoms with E-state index in [1.54, 1.807) is 19.1 Å². The molecule has 2 heterocycles. The summed E-state index contributed by atoms with van der Waals surface area (Å²) >= 11 is 0. The summed E-state index contributed by atoms with van der Waals surface area (Å²) < 4.78 is 11.1. The molecule has 1 atom stereocenters. The second kappa shape index (κ2) is 8.95. The van der Waals surface area contributed by atoms with E-state index in [4.69, 9.17) is 9.47 Å². The third kappa shape index (κ3) is 4.05. The lowest BCUT2D eigenvalue weighted by Crippen LogP contribution is -2.42. The van der Waals surface area contributed by atoms with Crippen molar-refractivity contribution in [2.75, 3.05) is 20.8 Å². The Hall–Kier alpha value is -4.06. The maximum absolute atomic E-state index is 13.8. The molecule has 1 unspecified atom stereocenters. The maximum atomic E-state index is 13.8. The van der Waals surface area contributed by atoms with Crippen molar-refractivity contribution in [3.63, 3.8) is 0 Å². The molecule has 1 N–H and O–H groups in total. The molecule has 6 heteroatoms. The molecule has 1 aliphatic rings. The van der Waals surface area contributed by atoms with Crippen molar-refractivity contribution >= 4 is 16.8 Å². The first kappa shape index (κ1) is 22.7. The quantitative estimate of drug-likeness (QED) is 0.460. The molecular weight excluding hydrogens is 440 g/mol. The molecule has 0 bridgehead atoms. The lowest BCUT2D eigenvalue weighted by molar-refractivity contribution is 0.0693. The third-order valence-electron chi connectivity index (χ3n) is 6.72. The molecule has 0 fully saturated rings. The molecule has 0 radical (unpaired) electrons. The largest absolute Gasteiger partial charge is 0.493 e. The zero-order valence-corrected chi connectivity index (χ0v) is 20.3. The van der Waals surface area contributed by atoms with Crippen LogP contribution in [-0.2, 0) is 6.42 Å². The average Bonchev–Trinajstić information content (AvgIpc) is 2.86. The first-order valence-corrected chi connectivity index (χ1v) is 11.7. The van der Waals surface area contributed by atoms with E-state index in [0.717, 1.165) is 33.2 Å². The number of aromatic nitrogens is 1. The highest BCUT2D eigenvalue weighted by Gasteiger charge is 2.35. The highest BCUT2D eigenvalue weighted by atomic mass is 16.5. The number of hydrogen-bond donors (Lipinski definition) is 1. The zero-order chi connectivity index (χ0) is 24.7.